The van der Waals surface area contributed by atoms with E-state index < -0.39 is 0 Å². The van der Waals surface area contributed by atoms with Gasteiger partial charge in [-0.2, -0.15) is 0 Å². The highest BCUT2D eigenvalue weighted by molar-refractivity contribution is 5.99. The van der Waals surface area contributed by atoms with E-state index >= 15 is 0 Å². The Hall–Kier alpha value is -2.97. The maximum absolute atomic E-state index is 13.4. The summed E-state index contributed by atoms with van der Waals surface area (Å²) >= 11 is 0. The number of hydrogen-bond donors (Lipinski definition) is 1. The summed E-state index contributed by atoms with van der Waals surface area (Å²) in [6, 6.07) is 11.3. The lowest BCUT2D eigenvalue weighted by molar-refractivity contribution is -0.122. The molecule has 194 valence electrons. The third-order valence-electron chi connectivity index (χ3n) is 7.41. The van der Waals surface area contributed by atoms with Crippen LogP contribution in [-0.4, -0.2) is 72.6 Å². The lowest BCUT2D eigenvalue weighted by Gasteiger charge is -2.36. The fourth-order valence-corrected chi connectivity index (χ4v) is 4.76. The Morgan fingerprint density at radius 3 is 2.67 bits per heavy atom. The van der Waals surface area contributed by atoms with Gasteiger partial charge in [-0.15, -0.1) is 0 Å². The first-order valence-electron chi connectivity index (χ1n) is 12.9. The summed E-state index contributed by atoms with van der Waals surface area (Å²) in [5.74, 6) is 0.636. The summed E-state index contributed by atoms with van der Waals surface area (Å²) in [5.41, 5.74) is 2.12. The van der Waals surface area contributed by atoms with Gasteiger partial charge in [0.25, 0.3) is 5.91 Å². The maximum atomic E-state index is 13.4. The molecule has 1 saturated carbocycles. The summed E-state index contributed by atoms with van der Waals surface area (Å²) in [6.45, 7) is 6.59. The van der Waals surface area contributed by atoms with Crippen molar-refractivity contribution in [2.45, 2.75) is 51.8 Å². The molecule has 2 aromatic rings. The number of methoxy groups -OCH3 is 1. The van der Waals surface area contributed by atoms with E-state index in [1.54, 1.807) is 37.3 Å². The van der Waals surface area contributed by atoms with E-state index in [2.05, 4.69) is 29.0 Å². The molecule has 8 heteroatoms. The molecule has 0 bridgehead atoms. The van der Waals surface area contributed by atoms with Crippen LogP contribution in [0.2, 0.25) is 0 Å². The number of likely N-dealkylation sites (N-methyl/N-ethyl adjacent to an activating group) is 1. The Morgan fingerprint density at radius 1 is 1.19 bits per heavy atom. The highest BCUT2D eigenvalue weighted by Crippen LogP contribution is 2.30. The number of pyridine rings is 1. The zero-order valence-corrected chi connectivity index (χ0v) is 21.8. The van der Waals surface area contributed by atoms with Crippen LogP contribution in [0.25, 0.3) is 0 Å². The number of aromatic nitrogens is 1. The van der Waals surface area contributed by atoms with Crippen molar-refractivity contribution < 1.29 is 19.1 Å². The van der Waals surface area contributed by atoms with Gasteiger partial charge in [0.2, 0.25) is 5.91 Å². The van der Waals surface area contributed by atoms with Crippen molar-refractivity contribution in [2.24, 2.45) is 11.8 Å². The Bertz CT molecular complexity index is 1040. The number of carbonyl (C=O) groups excluding carboxylic acids is 2. The molecule has 4 rings (SSSR count). The molecule has 2 heterocycles. The van der Waals surface area contributed by atoms with E-state index in [1.807, 2.05) is 24.4 Å². The van der Waals surface area contributed by atoms with Gasteiger partial charge in [-0.1, -0.05) is 19.4 Å². The van der Waals surface area contributed by atoms with Crippen molar-refractivity contribution in [3.63, 3.8) is 0 Å². The molecular formula is C28H38N4O4. The SMILES string of the molecule is CO[C@@H]1CN(C)C(=O)c2ccc(NC(=O)C3CCC3)cc2OC[C@@H](C)N(Cc2ccccn2)C[C@H]1C. The van der Waals surface area contributed by atoms with Crippen LogP contribution in [0.4, 0.5) is 5.69 Å². The van der Waals surface area contributed by atoms with Crippen LogP contribution in [0.3, 0.4) is 0 Å². The van der Waals surface area contributed by atoms with E-state index in [-0.39, 0.29) is 35.8 Å². The van der Waals surface area contributed by atoms with Crippen molar-refractivity contribution in [3.05, 3.63) is 53.9 Å². The molecule has 1 aromatic carbocycles. The molecule has 2 amide bonds. The van der Waals surface area contributed by atoms with Gasteiger partial charge < -0.3 is 19.7 Å². The van der Waals surface area contributed by atoms with Crippen molar-refractivity contribution in [3.8, 4) is 5.75 Å². The summed E-state index contributed by atoms with van der Waals surface area (Å²) in [7, 11) is 3.49. The number of rotatable bonds is 5. The van der Waals surface area contributed by atoms with Crippen LogP contribution in [0.15, 0.2) is 42.6 Å². The Balaban J connectivity index is 1.61. The van der Waals surface area contributed by atoms with Gasteiger partial charge in [-0.25, -0.2) is 0 Å². The van der Waals surface area contributed by atoms with Crippen LogP contribution >= 0.6 is 0 Å². The minimum absolute atomic E-state index is 0.0321. The molecule has 0 unspecified atom stereocenters. The van der Waals surface area contributed by atoms with Gasteiger partial charge in [0.1, 0.15) is 12.4 Å². The lowest BCUT2D eigenvalue weighted by Crippen LogP contribution is -2.46. The lowest BCUT2D eigenvalue weighted by atomic mass is 9.85. The average Bonchev–Trinajstić information content (AvgIpc) is 2.83. The van der Waals surface area contributed by atoms with Gasteiger partial charge >= 0.3 is 0 Å². The monoisotopic (exact) mass is 494 g/mol. The predicted molar refractivity (Wildman–Crippen MR) is 139 cm³/mol. The average molecular weight is 495 g/mol. The minimum atomic E-state index is -0.130. The molecular weight excluding hydrogens is 456 g/mol. The molecule has 36 heavy (non-hydrogen) atoms. The topological polar surface area (TPSA) is 84.0 Å². The summed E-state index contributed by atoms with van der Waals surface area (Å²) < 4.78 is 12.1. The van der Waals surface area contributed by atoms with E-state index in [0.29, 0.717) is 36.7 Å². The van der Waals surface area contributed by atoms with E-state index in [0.717, 1.165) is 31.5 Å². The Morgan fingerprint density at radius 2 is 2.00 bits per heavy atom. The zero-order valence-electron chi connectivity index (χ0n) is 21.8. The Kier molecular flexibility index (Phi) is 8.59. The van der Waals surface area contributed by atoms with Gasteiger partial charge in [-0.3, -0.25) is 19.5 Å². The number of amides is 2. The molecule has 1 aromatic heterocycles. The van der Waals surface area contributed by atoms with Gasteiger partial charge in [-0.05, 0) is 49.9 Å². The van der Waals surface area contributed by atoms with Gasteiger partial charge in [0.15, 0.2) is 0 Å². The number of fused-ring (bicyclic) bond motifs is 1. The second-order valence-corrected chi connectivity index (χ2v) is 10.2. The molecule has 1 aliphatic heterocycles. The maximum Gasteiger partial charge on any atom is 0.257 e. The van der Waals surface area contributed by atoms with E-state index in [9.17, 15) is 9.59 Å². The number of hydrogen-bond acceptors (Lipinski definition) is 6. The zero-order chi connectivity index (χ0) is 25.7. The normalized spacial score (nSPS) is 24.1. The number of ether oxygens (including phenoxy) is 2. The van der Waals surface area contributed by atoms with Crippen LogP contribution in [0.1, 0.15) is 49.2 Å². The van der Waals surface area contributed by atoms with Gasteiger partial charge in [0.05, 0.1) is 17.4 Å². The first kappa shape index (κ1) is 26.1. The summed E-state index contributed by atoms with van der Waals surface area (Å²) in [5, 5.41) is 3.00. The number of carbonyl (C=O) groups is 2. The van der Waals surface area contributed by atoms with Crippen molar-refractivity contribution in [2.75, 3.05) is 39.2 Å². The molecule has 1 N–H and O–H groups in total. The summed E-state index contributed by atoms with van der Waals surface area (Å²) in [6.07, 6.45) is 4.64. The van der Waals surface area contributed by atoms with Crippen LogP contribution in [0.5, 0.6) is 5.75 Å². The fraction of sp³-hybridized carbons (Fsp3) is 0.536. The van der Waals surface area contributed by atoms with E-state index in [4.69, 9.17) is 9.47 Å². The van der Waals surface area contributed by atoms with Crippen molar-refractivity contribution in [1.82, 2.24) is 14.8 Å². The molecule has 3 atom stereocenters. The highest BCUT2D eigenvalue weighted by Gasteiger charge is 2.29. The number of benzene rings is 1. The smallest absolute Gasteiger partial charge is 0.257 e. The van der Waals surface area contributed by atoms with Crippen LogP contribution in [0, 0.1) is 11.8 Å². The number of nitrogens with zero attached hydrogens (tertiary/aromatic N) is 3. The van der Waals surface area contributed by atoms with E-state index in [1.165, 1.54) is 0 Å². The second-order valence-electron chi connectivity index (χ2n) is 10.2. The predicted octanol–water partition coefficient (Wildman–Crippen LogP) is 3.83. The summed E-state index contributed by atoms with van der Waals surface area (Å²) in [4.78, 5) is 34.4. The minimum Gasteiger partial charge on any atom is -0.491 e. The first-order valence-corrected chi connectivity index (χ1v) is 12.9. The third kappa shape index (κ3) is 6.23. The van der Waals surface area contributed by atoms with Gasteiger partial charge in [0, 0.05) is 63.7 Å². The standard InChI is InChI=1S/C28H38N4O4/c1-19-15-32(16-23-10-5-6-13-29-23)20(2)18-36-25-14-22(30-27(33)21-8-7-9-21)11-12-24(25)28(34)31(3)17-26(19)35-4/h5-6,10-14,19-21,26H,7-9,15-18H2,1-4H3,(H,30,33)/t19-,20-,26-/m1/s1. The third-order valence-corrected chi connectivity index (χ3v) is 7.41. The van der Waals surface area contributed by atoms with Crippen molar-refractivity contribution >= 4 is 17.5 Å². The number of nitrogens with one attached hydrogen (secondary N) is 1. The Labute approximate surface area is 214 Å². The largest absolute Gasteiger partial charge is 0.491 e. The number of anilines is 1. The molecule has 0 spiro atoms. The molecule has 0 radical (unpaired) electrons. The molecule has 1 aliphatic carbocycles. The highest BCUT2D eigenvalue weighted by atomic mass is 16.5. The molecule has 1 fully saturated rings. The first-order chi connectivity index (χ1) is 17.4. The van der Waals surface area contributed by atoms with Crippen LogP contribution in [-0.2, 0) is 16.1 Å². The molecule has 0 saturated heterocycles. The molecule has 8 nitrogen and oxygen atoms in total. The quantitative estimate of drug-likeness (QED) is 0.680. The van der Waals surface area contributed by atoms with Crippen molar-refractivity contribution in [1.29, 1.82) is 0 Å². The molecule has 2 aliphatic rings. The van der Waals surface area contributed by atoms with Crippen LogP contribution < -0.4 is 10.1 Å². The second kappa shape index (κ2) is 11.8. The fourth-order valence-electron chi connectivity index (χ4n) is 4.76.